The Morgan fingerprint density at radius 2 is 0.889 bits per heavy atom. The summed E-state index contributed by atoms with van der Waals surface area (Å²) in [6.07, 6.45) is 0. The van der Waals surface area contributed by atoms with E-state index in [1.165, 1.54) is 0 Å². The van der Waals surface area contributed by atoms with Crippen molar-refractivity contribution in [2.75, 3.05) is 0 Å². The van der Waals surface area contributed by atoms with E-state index in [0.717, 1.165) is 0 Å². The monoisotopic (exact) mass is 132 g/mol. The summed E-state index contributed by atoms with van der Waals surface area (Å²) in [6, 6.07) is 0. The molecule has 4 radical (unpaired) electrons. The van der Waals surface area contributed by atoms with Gasteiger partial charge in [0.05, 0.1) is 0 Å². The average Bonchev–Trinajstić information content (AvgIpc) is 1.95. The fourth-order valence-corrected chi connectivity index (χ4v) is 0.143. The van der Waals surface area contributed by atoms with Gasteiger partial charge in [-0.25, -0.2) is 0 Å². The molecule has 0 heterocycles. The smallest absolute Gasteiger partial charge is 0.344 e. The van der Waals surface area contributed by atoms with Crippen LogP contribution in [0.25, 0.3) is 0 Å². The summed E-state index contributed by atoms with van der Waals surface area (Å²) in [5.41, 5.74) is 0. The Balaban J connectivity index is 3.82. The Bertz CT molecular complexity index is 55.5. The van der Waals surface area contributed by atoms with Crippen LogP contribution < -0.4 is 0 Å². The van der Waals surface area contributed by atoms with Gasteiger partial charge in [0, 0.05) is 0 Å². The van der Waals surface area contributed by atoms with Crippen LogP contribution in [0.5, 0.6) is 0 Å². The highest BCUT2D eigenvalue weighted by molar-refractivity contribution is 6.89. The van der Waals surface area contributed by atoms with Crippen LogP contribution in [0.1, 0.15) is 0 Å². The molecule has 0 saturated heterocycles. The van der Waals surface area contributed by atoms with Gasteiger partial charge < -0.3 is 17.3 Å². The quantitative estimate of drug-likeness (QED) is 0.382. The molecule has 0 unspecified atom stereocenters. The molecule has 0 N–H and O–H groups in total. The molecular formula is CB4F4. The summed E-state index contributed by atoms with van der Waals surface area (Å²) in [5.74, 6) is 0. The second-order valence-corrected chi connectivity index (χ2v) is 1.44. The summed E-state index contributed by atoms with van der Waals surface area (Å²) >= 11 is 0. The Labute approximate surface area is 53.5 Å². The van der Waals surface area contributed by atoms with Crippen LogP contribution in [-0.4, -0.2) is 30.2 Å². The Hall–Kier alpha value is -0.0203. The minimum absolute atomic E-state index is 0.438. The third kappa shape index (κ3) is 1.99. The molecule has 0 saturated carbocycles. The summed E-state index contributed by atoms with van der Waals surface area (Å²) < 4.78 is 45.5. The fraction of sp³-hybridized carbons (Fsp3) is 1.00. The second kappa shape index (κ2) is 3.90. The van der Waals surface area contributed by atoms with Gasteiger partial charge in [-0.2, -0.15) is 0 Å². The van der Waals surface area contributed by atoms with Gasteiger partial charge in [-0.05, 0) is 5.01 Å². The van der Waals surface area contributed by atoms with E-state index >= 15 is 0 Å². The summed E-state index contributed by atoms with van der Waals surface area (Å²) in [4.78, 5) is 0. The van der Waals surface area contributed by atoms with Gasteiger partial charge >= 0.3 is 30.2 Å². The fourth-order valence-electron chi connectivity index (χ4n) is 0.143. The molecule has 0 aromatic carbocycles. The minimum atomic E-state index is -2.50. The molecule has 9 heavy (non-hydrogen) atoms. The van der Waals surface area contributed by atoms with Crippen molar-refractivity contribution in [3.05, 3.63) is 0 Å². The minimum Gasteiger partial charge on any atom is -0.344 e. The van der Waals surface area contributed by atoms with E-state index in [2.05, 4.69) is 0 Å². The Morgan fingerprint density at radius 3 is 0.889 bits per heavy atom. The molecule has 0 bridgehead atoms. The molecule has 0 aliphatic carbocycles. The summed E-state index contributed by atoms with van der Waals surface area (Å²) in [7, 11) is -1.75. The Kier molecular flexibility index (Phi) is 3.89. The molecule has 0 aliphatic heterocycles. The first-order chi connectivity index (χ1) is 4.24. The van der Waals surface area contributed by atoms with Crippen molar-refractivity contribution in [3.8, 4) is 0 Å². The summed E-state index contributed by atoms with van der Waals surface area (Å²) in [5, 5.41) is -2.50. The predicted octanol–water partition coefficient (Wildman–Crippen LogP) is 0.372. The van der Waals surface area contributed by atoms with E-state index in [1.54, 1.807) is 0 Å². The van der Waals surface area contributed by atoms with Crippen LogP contribution in [0.3, 0.4) is 0 Å². The molecule has 0 aromatic heterocycles. The number of hydrogen-bond donors (Lipinski definition) is 0. The van der Waals surface area contributed by atoms with E-state index in [-0.39, 0.29) is 0 Å². The molecule has 0 amide bonds. The highest BCUT2D eigenvalue weighted by Crippen LogP contribution is 2.20. The average molecular weight is 131 g/mol. The first-order valence-electron chi connectivity index (χ1n) is 2.03. The molecule has 0 atom stereocenters. The molecule has 0 fully saturated rings. The van der Waals surface area contributed by atoms with Crippen molar-refractivity contribution in [2.24, 2.45) is 0 Å². The number of hydrogen-bond acceptors (Lipinski definition) is 0. The van der Waals surface area contributed by atoms with E-state index in [1.807, 2.05) is 0 Å². The summed E-state index contributed by atoms with van der Waals surface area (Å²) in [6.45, 7) is 0. The van der Waals surface area contributed by atoms with Crippen LogP contribution in [0.2, 0.25) is 5.01 Å². The van der Waals surface area contributed by atoms with E-state index in [4.69, 9.17) is 0 Å². The van der Waals surface area contributed by atoms with E-state index in [0.29, 0.717) is 0 Å². The highest BCUT2D eigenvalue weighted by Gasteiger charge is 2.39. The largest absolute Gasteiger partial charge is 0.344 e. The number of rotatable bonds is 4. The van der Waals surface area contributed by atoms with Crippen LogP contribution in [0, 0.1) is 0 Å². The second-order valence-electron chi connectivity index (χ2n) is 1.44. The molecule has 0 rings (SSSR count). The van der Waals surface area contributed by atoms with Gasteiger partial charge in [0.1, 0.15) is 0 Å². The van der Waals surface area contributed by atoms with Gasteiger partial charge in [-0.1, -0.05) is 0 Å². The van der Waals surface area contributed by atoms with E-state index < -0.39 is 35.2 Å². The SMILES string of the molecule is F[B]C([B]F)([B]F)[B]F. The van der Waals surface area contributed by atoms with Gasteiger partial charge in [-0.15, -0.1) is 0 Å². The first kappa shape index (κ1) is 8.98. The molecular weight excluding hydrogens is 131 g/mol. The van der Waals surface area contributed by atoms with Gasteiger partial charge in [0.2, 0.25) is 0 Å². The van der Waals surface area contributed by atoms with Crippen molar-refractivity contribution in [3.63, 3.8) is 0 Å². The standard InChI is InChI=1S/CB4F4/c6-2-1(3-7,4-8)5-9. The van der Waals surface area contributed by atoms with Crippen LogP contribution in [0.4, 0.5) is 17.3 Å². The zero-order valence-electron chi connectivity index (χ0n) is 4.32. The Morgan fingerprint density at radius 1 is 0.667 bits per heavy atom. The maximum atomic E-state index is 11.4. The van der Waals surface area contributed by atoms with Crippen molar-refractivity contribution < 1.29 is 17.3 Å². The predicted molar refractivity (Wildman–Crippen MR) is 30.1 cm³/mol. The van der Waals surface area contributed by atoms with Crippen LogP contribution in [-0.2, 0) is 0 Å². The molecule has 44 valence electrons. The maximum Gasteiger partial charge on any atom is 0.344 e. The molecule has 0 spiro atoms. The van der Waals surface area contributed by atoms with E-state index in [9.17, 15) is 17.3 Å². The zero-order valence-corrected chi connectivity index (χ0v) is 4.32. The molecule has 0 nitrogen and oxygen atoms in total. The van der Waals surface area contributed by atoms with Crippen molar-refractivity contribution in [1.82, 2.24) is 0 Å². The maximum absolute atomic E-state index is 11.4. The highest BCUT2D eigenvalue weighted by atomic mass is 19.1. The topological polar surface area (TPSA) is 0 Å². The lowest BCUT2D eigenvalue weighted by Crippen LogP contribution is -2.32. The normalized spacial score (nSPS) is 10.2. The van der Waals surface area contributed by atoms with Gasteiger partial charge in [-0.3, -0.25) is 0 Å². The lowest BCUT2D eigenvalue weighted by Gasteiger charge is -2.11. The van der Waals surface area contributed by atoms with Gasteiger partial charge in [0.25, 0.3) is 0 Å². The van der Waals surface area contributed by atoms with Crippen molar-refractivity contribution >= 4 is 30.2 Å². The lowest BCUT2D eigenvalue weighted by atomic mass is 9.26. The third-order valence-corrected chi connectivity index (χ3v) is 0.756. The first-order valence-corrected chi connectivity index (χ1v) is 2.03. The molecule has 0 aliphatic rings. The van der Waals surface area contributed by atoms with Crippen molar-refractivity contribution in [1.29, 1.82) is 0 Å². The van der Waals surface area contributed by atoms with Crippen molar-refractivity contribution in [2.45, 2.75) is 5.01 Å². The molecule has 8 heteroatoms. The van der Waals surface area contributed by atoms with Gasteiger partial charge in [0.15, 0.2) is 0 Å². The molecule has 0 aromatic rings. The number of halogens is 4. The zero-order chi connectivity index (χ0) is 7.33. The lowest BCUT2D eigenvalue weighted by molar-refractivity contribution is 0.767. The third-order valence-electron chi connectivity index (χ3n) is 0.756. The van der Waals surface area contributed by atoms with Crippen LogP contribution >= 0.6 is 0 Å². The van der Waals surface area contributed by atoms with Crippen LogP contribution in [0.15, 0.2) is 0 Å².